The van der Waals surface area contributed by atoms with Gasteiger partial charge in [-0.25, -0.2) is 4.39 Å². The van der Waals surface area contributed by atoms with Crippen LogP contribution >= 0.6 is 12.4 Å². The molecule has 1 aliphatic heterocycles. The third kappa shape index (κ3) is 2.54. The Morgan fingerprint density at radius 1 is 1.39 bits per heavy atom. The van der Waals surface area contributed by atoms with Gasteiger partial charge in [0.15, 0.2) is 5.82 Å². The van der Waals surface area contributed by atoms with Crippen molar-refractivity contribution in [2.75, 3.05) is 18.4 Å². The van der Waals surface area contributed by atoms with Crippen LogP contribution in [0.4, 0.5) is 10.1 Å². The molecular weight excluding hydrogens is 253 g/mol. The summed E-state index contributed by atoms with van der Waals surface area (Å²) in [5.74, 6) is -0.267. The Hall–Kier alpha value is -1.39. The van der Waals surface area contributed by atoms with Crippen molar-refractivity contribution in [2.24, 2.45) is 0 Å². The van der Waals surface area contributed by atoms with Crippen LogP contribution in [-0.4, -0.2) is 24.1 Å². The molecule has 0 saturated carbocycles. The van der Waals surface area contributed by atoms with Crippen LogP contribution in [0.3, 0.4) is 0 Å². The minimum Gasteiger partial charge on any atom is -0.381 e. The molecule has 5 heteroatoms. The molecule has 1 aromatic carbocycles. The standard InChI is InChI=1S/C13H14FN3.ClH/c14-12-7-11(17-10-3-5-15-8-10)6-9-2-1-4-16-13(9)12;/h1-2,4,6-7,10,15,17H,3,5,8H2;1H/t10-;/m1./s1. The molecule has 3 nitrogen and oxygen atoms in total. The second kappa shape index (κ2) is 5.50. The lowest BCUT2D eigenvalue weighted by Gasteiger charge is -2.13. The average Bonchev–Trinajstić information content (AvgIpc) is 2.82. The van der Waals surface area contributed by atoms with Crippen molar-refractivity contribution < 1.29 is 4.39 Å². The van der Waals surface area contributed by atoms with E-state index >= 15 is 0 Å². The monoisotopic (exact) mass is 267 g/mol. The molecule has 0 spiro atoms. The van der Waals surface area contributed by atoms with Crippen LogP contribution < -0.4 is 10.6 Å². The summed E-state index contributed by atoms with van der Waals surface area (Å²) in [4.78, 5) is 4.04. The summed E-state index contributed by atoms with van der Waals surface area (Å²) in [6, 6.07) is 7.56. The quantitative estimate of drug-likeness (QED) is 0.878. The first-order chi connectivity index (χ1) is 8.33. The van der Waals surface area contributed by atoms with Crippen molar-refractivity contribution >= 4 is 29.0 Å². The lowest BCUT2D eigenvalue weighted by atomic mass is 10.1. The van der Waals surface area contributed by atoms with E-state index in [1.165, 1.54) is 6.07 Å². The highest BCUT2D eigenvalue weighted by Crippen LogP contribution is 2.22. The zero-order chi connectivity index (χ0) is 11.7. The van der Waals surface area contributed by atoms with E-state index in [1.54, 1.807) is 6.20 Å². The average molecular weight is 268 g/mol. The third-order valence-corrected chi connectivity index (χ3v) is 3.09. The molecule has 0 amide bonds. The van der Waals surface area contributed by atoms with Gasteiger partial charge in [-0.15, -0.1) is 12.4 Å². The number of anilines is 1. The molecule has 1 saturated heterocycles. The zero-order valence-electron chi connectivity index (χ0n) is 9.82. The van der Waals surface area contributed by atoms with E-state index in [0.29, 0.717) is 11.6 Å². The predicted molar refractivity (Wildman–Crippen MR) is 73.8 cm³/mol. The van der Waals surface area contributed by atoms with Gasteiger partial charge in [-0.05, 0) is 31.2 Å². The topological polar surface area (TPSA) is 37.0 Å². The number of aromatic nitrogens is 1. The highest BCUT2D eigenvalue weighted by Gasteiger charge is 2.14. The first-order valence-corrected chi connectivity index (χ1v) is 5.84. The predicted octanol–water partition coefficient (Wildman–Crippen LogP) is 2.57. The normalized spacial score (nSPS) is 18.6. The third-order valence-electron chi connectivity index (χ3n) is 3.09. The minimum absolute atomic E-state index is 0. The number of benzene rings is 1. The van der Waals surface area contributed by atoms with Crippen LogP contribution in [0.1, 0.15) is 6.42 Å². The highest BCUT2D eigenvalue weighted by atomic mass is 35.5. The van der Waals surface area contributed by atoms with Gasteiger partial charge in [0.2, 0.25) is 0 Å². The first-order valence-electron chi connectivity index (χ1n) is 5.84. The number of halogens is 2. The maximum absolute atomic E-state index is 13.8. The van der Waals surface area contributed by atoms with Gasteiger partial charge >= 0.3 is 0 Å². The fourth-order valence-corrected chi connectivity index (χ4v) is 2.24. The number of fused-ring (bicyclic) bond motifs is 1. The Balaban J connectivity index is 0.00000120. The Morgan fingerprint density at radius 3 is 3.06 bits per heavy atom. The van der Waals surface area contributed by atoms with Gasteiger partial charge in [0, 0.05) is 29.9 Å². The zero-order valence-corrected chi connectivity index (χ0v) is 10.6. The van der Waals surface area contributed by atoms with Crippen LogP contribution in [0, 0.1) is 5.82 Å². The van der Waals surface area contributed by atoms with Gasteiger partial charge in [0.25, 0.3) is 0 Å². The summed E-state index contributed by atoms with van der Waals surface area (Å²) in [6.45, 7) is 1.96. The van der Waals surface area contributed by atoms with Gasteiger partial charge in [-0.3, -0.25) is 4.98 Å². The van der Waals surface area contributed by atoms with Gasteiger partial charge in [-0.2, -0.15) is 0 Å². The lowest BCUT2D eigenvalue weighted by molar-refractivity contribution is 0.636. The molecule has 0 bridgehead atoms. The van der Waals surface area contributed by atoms with Gasteiger partial charge in [0.05, 0.1) is 0 Å². The summed E-state index contributed by atoms with van der Waals surface area (Å²) >= 11 is 0. The molecule has 1 aliphatic rings. The van der Waals surface area contributed by atoms with Crippen LogP contribution in [0.25, 0.3) is 10.9 Å². The van der Waals surface area contributed by atoms with E-state index in [1.807, 2.05) is 18.2 Å². The summed E-state index contributed by atoms with van der Waals surface area (Å²) in [7, 11) is 0. The number of hydrogen-bond donors (Lipinski definition) is 2. The van der Waals surface area contributed by atoms with E-state index in [4.69, 9.17) is 0 Å². The number of pyridine rings is 1. The lowest BCUT2D eigenvalue weighted by Crippen LogP contribution is -2.22. The molecule has 2 heterocycles. The molecule has 2 N–H and O–H groups in total. The minimum atomic E-state index is -0.267. The maximum atomic E-state index is 13.8. The van der Waals surface area contributed by atoms with Crippen molar-refractivity contribution in [3.63, 3.8) is 0 Å². The number of hydrogen-bond acceptors (Lipinski definition) is 3. The first kappa shape index (κ1) is 13.1. The van der Waals surface area contributed by atoms with Gasteiger partial charge in [-0.1, -0.05) is 6.07 Å². The Labute approximate surface area is 111 Å². The molecule has 2 aromatic rings. The van der Waals surface area contributed by atoms with Crippen molar-refractivity contribution in [2.45, 2.75) is 12.5 Å². The maximum Gasteiger partial charge on any atom is 0.151 e. The van der Waals surface area contributed by atoms with Crippen LogP contribution in [0.15, 0.2) is 30.5 Å². The molecule has 0 radical (unpaired) electrons. The van der Waals surface area contributed by atoms with Crippen LogP contribution in [0.2, 0.25) is 0 Å². The van der Waals surface area contributed by atoms with Crippen molar-refractivity contribution in [1.29, 1.82) is 0 Å². The Morgan fingerprint density at radius 2 is 2.28 bits per heavy atom. The largest absolute Gasteiger partial charge is 0.381 e. The molecule has 3 rings (SSSR count). The van der Waals surface area contributed by atoms with Crippen molar-refractivity contribution in [3.8, 4) is 0 Å². The highest BCUT2D eigenvalue weighted by molar-refractivity contribution is 5.85. The van der Waals surface area contributed by atoms with E-state index in [-0.39, 0.29) is 18.2 Å². The van der Waals surface area contributed by atoms with Crippen LogP contribution in [0.5, 0.6) is 0 Å². The smallest absolute Gasteiger partial charge is 0.151 e. The molecular formula is C13H15ClFN3. The second-order valence-corrected chi connectivity index (χ2v) is 4.37. The number of rotatable bonds is 2. The van der Waals surface area contributed by atoms with E-state index in [9.17, 15) is 4.39 Å². The summed E-state index contributed by atoms with van der Waals surface area (Å²) in [6.07, 6.45) is 2.69. The molecule has 1 atom stereocenters. The van der Waals surface area contributed by atoms with E-state index < -0.39 is 0 Å². The molecule has 1 fully saturated rings. The van der Waals surface area contributed by atoms with Crippen molar-refractivity contribution in [1.82, 2.24) is 10.3 Å². The number of nitrogens with one attached hydrogen (secondary N) is 2. The number of nitrogens with zero attached hydrogens (tertiary/aromatic N) is 1. The Bertz CT molecular complexity index is 541. The van der Waals surface area contributed by atoms with E-state index in [0.717, 1.165) is 30.6 Å². The van der Waals surface area contributed by atoms with Crippen molar-refractivity contribution in [3.05, 3.63) is 36.3 Å². The fraction of sp³-hybridized carbons (Fsp3) is 0.308. The SMILES string of the molecule is Cl.Fc1cc(N[C@@H]2CCNC2)cc2cccnc12. The second-order valence-electron chi connectivity index (χ2n) is 4.37. The summed E-state index contributed by atoms with van der Waals surface area (Å²) in [5, 5.41) is 7.45. The van der Waals surface area contributed by atoms with Gasteiger partial charge < -0.3 is 10.6 Å². The molecule has 0 unspecified atom stereocenters. The molecule has 0 aliphatic carbocycles. The van der Waals surface area contributed by atoms with E-state index in [2.05, 4.69) is 15.6 Å². The molecule has 96 valence electrons. The summed E-state index contributed by atoms with van der Waals surface area (Å²) in [5.41, 5.74) is 1.26. The fourth-order valence-electron chi connectivity index (χ4n) is 2.24. The molecule has 1 aromatic heterocycles. The summed E-state index contributed by atoms with van der Waals surface area (Å²) < 4.78 is 13.8. The Kier molecular flexibility index (Phi) is 3.99. The van der Waals surface area contributed by atoms with Crippen LogP contribution in [-0.2, 0) is 0 Å². The molecule has 18 heavy (non-hydrogen) atoms. The van der Waals surface area contributed by atoms with Gasteiger partial charge in [0.1, 0.15) is 5.52 Å².